The molecular weight excluding hydrogens is 524 g/mol. The zero-order valence-electron chi connectivity index (χ0n) is 21.0. The topological polar surface area (TPSA) is 30.9 Å². The van der Waals surface area contributed by atoms with Crippen LogP contribution in [0.5, 0.6) is 17.2 Å². The van der Waals surface area contributed by atoms with E-state index in [1.807, 2.05) is 12.1 Å². The van der Waals surface area contributed by atoms with Crippen LogP contribution in [0.3, 0.4) is 0 Å². The molecule has 0 N–H and O–H groups in total. The van der Waals surface area contributed by atoms with Crippen LogP contribution in [0.15, 0.2) is 48.5 Å². The first-order valence-corrected chi connectivity index (χ1v) is 12.8. The van der Waals surface area contributed by atoms with Crippen LogP contribution < -0.4 is 19.1 Å². The van der Waals surface area contributed by atoms with Gasteiger partial charge in [-0.15, -0.1) is 0 Å². The van der Waals surface area contributed by atoms with Gasteiger partial charge >= 0.3 is 12.4 Å². The zero-order chi connectivity index (χ0) is 27.6. The Kier molecular flexibility index (Phi) is 5.93. The number of fused-ring (bicyclic) bond motifs is 5. The third kappa shape index (κ3) is 4.24. The number of halogens is 6. The van der Waals surface area contributed by atoms with E-state index < -0.39 is 28.9 Å². The third-order valence-corrected chi connectivity index (χ3v) is 7.72. The van der Waals surface area contributed by atoms with E-state index in [9.17, 15) is 26.3 Å². The van der Waals surface area contributed by atoms with Gasteiger partial charge in [0, 0.05) is 30.4 Å². The van der Waals surface area contributed by atoms with Crippen molar-refractivity contribution in [3.63, 3.8) is 0 Å². The van der Waals surface area contributed by atoms with Gasteiger partial charge in [0.05, 0.1) is 16.5 Å². The predicted octanol–water partition coefficient (Wildman–Crippen LogP) is 7.81. The Morgan fingerprint density at radius 3 is 2.18 bits per heavy atom. The summed E-state index contributed by atoms with van der Waals surface area (Å²) in [5, 5.41) is 0. The Hall–Kier alpha value is -3.56. The molecule has 0 saturated heterocycles. The van der Waals surface area contributed by atoms with E-state index in [4.69, 9.17) is 14.2 Å². The van der Waals surface area contributed by atoms with Crippen molar-refractivity contribution in [2.45, 2.75) is 44.0 Å². The number of anilines is 1. The average Bonchev–Trinajstić information content (AvgIpc) is 3.58. The van der Waals surface area contributed by atoms with Crippen LogP contribution in [-0.4, -0.2) is 26.5 Å². The summed E-state index contributed by atoms with van der Waals surface area (Å²) in [5.41, 5.74) is -1.11. The Balaban J connectivity index is 1.58. The van der Waals surface area contributed by atoms with E-state index in [0.29, 0.717) is 41.5 Å². The zero-order valence-corrected chi connectivity index (χ0v) is 21.0. The molecule has 0 aliphatic carbocycles. The summed E-state index contributed by atoms with van der Waals surface area (Å²) < 4.78 is 99.8. The van der Waals surface area contributed by atoms with Crippen molar-refractivity contribution in [2.24, 2.45) is 0 Å². The lowest BCUT2D eigenvalue weighted by Crippen LogP contribution is -2.36. The summed E-state index contributed by atoms with van der Waals surface area (Å²) in [5.74, 6) is 1.63. The smallest absolute Gasteiger partial charge is 0.416 e. The highest BCUT2D eigenvalue weighted by Gasteiger charge is 2.52. The molecule has 0 amide bonds. The molecule has 1 spiro atoms. The molecule has 6 rings (SSSR count). The predicted molar refractivity (Wildman–Crippen MR) is 132 cm³/mol. The molecule has 0 bridgehead atoms. The number of nitrogens with zero attached hydrogens (tertiary/aromatic N) is 1. The van der Waals surface area contributed by atoms with Crippen molar-refractivity contribution in [2.75, 3.05) is 31.4 Å². The van der Waals surface area contributed by atoms with Crippen molar-refractivity contribution in [3.8, 4) is 28.4 Å². The molecule has 1 atom stereocenters. The summed E-state index contributed by atoms with van der Waals surface area (Å²) in [6, 6.07) is 10.5. The van der Waals surface area contributed by atoms with Crippen molar-refractivity contribution in [3.05, 3.63) is 70.8 Å². The minimum Gasteiger partial charge on any atom is -0.492 e. The maximum absolute atomic E-state index is 13.8. The lowest BCUT2D eigenvalue weighted by molar-refractivity contribution is -0.143. The molecule has 3 aliphatic rings. The normalized spacial score (nSPS) is 19.4. The van der Waals surface area contributed by atoms with Gasteiger partial charge in [0.15, 0.2) is 11.5 Å². The van der Waals surface area contributed by atoms with Crippen molar-refractivity contribution >= 4 is 5.69 Å². The number of rotatable bonds is 5. The van der Waals surface area contributed by atoms with E-state index in [-0.39, 0.29) is 25.0 Å². The quantitative estimate of drug-likeness (QED) is 0.240. The summed E-state index contributed by atoms with van der Waals surface area (Å²) >= 11 is 0. The average molecular weight is 550 g/mol. The van der Waals surface area contributed by atoms with E-state index in [0.717, 1.165) is 42.6 Å². The lowest BCUT2D eigenvalue weighted by Gasteiger charge is -2.26. The SMILES string of the molecule is CCCCCN1CC2(COc3cc4c(cc32)OCO4)c2c(-c3cc(C(F)(F)F)cc(C(F)(F)F)c3)cccc21. The Labute approximate surface area is 221 Å². The Morgan fingerprint density at radius 1 is 0.821 bits per heavy atom. The highest BCUT2D eigenvalue weighted by atomic mass is 19.4. The summed E-state index contributed by atoms with van der Waals surface area (Å²) in [4.78, 5) is 2.16. The van der Waals surface area contributed by atoms with Gasteiger partial charge in [0.2, 0.25) is 6.79 Å². The first-order valence-electron chi connectivity index (χ1n) is 12.8. The largest absolute Gasteiger partial charge is 0.492 e. The van der Waals surface area contributed by atoms with Crippen LogP contribution in [0.4, 0.5) is 32.0 Å². The highest BCUT2D eigenvalue weighted by Crippen LogP contribution is 2.57. The van der Waals surface area contributed by atoms with Crippen molar-refractivity contribution in [1.29, 1.82) is 0 Å². The van der Waals surface area contributed by atoms with Crippen LogP contribution in [0.1, 0.15) is 48.4 Å². The highest BCUT2D eigenvalue weighted by molar-refractivity contribution is 5.83. The van der Waals surface area contributed by atoms with Crippen LogP contribution in [0.2, 0.25) is 0 Å². The number of benzene rings is 3. The Morgan fingerprint density at radius 2 is 1.51 bits per heavy atom. The molecule has 3 heterocycles. The molecule has 4 nitrogen and oxygen atoms in total. The van der Waals surface area contributed by atoms with E-state index in [2.05, 4.69) is 11.8 Å². The fraction of sp³-hybridized carbons (Fsp3) is 0.379. The molecule has 39 heavy (non-hydrogen) atoms. The maximum atomic E-state index is 13.8. The molecule has 0 radical (unpaired) electrons. The van der Waals surface area contributed by atoms with Gasteiger partial charge in [-0.1, -0.05) is 31.9 Å². The van der Waals surface area contributed by atoms with Crippen LogP contribution >= 0.6 is 0 Å². The molecule has 3 aromatic rings. The summed E-state index contributed by atoms with van der Waals surface area (Å²) in [6.07, 6.45) is -7.00. The Bertz CT molecular complexity index is 1400. The van der Waals surface area contributed by atoms with E-state index in [1.165, 1.54) is 0 Å². The molecule has 3 aliphatic heterocycles. The second kappa shape index (κ2) is 8.99. The van der Waals surface area contributed by atoms with E-state index >= 15 is 0 Å². The van der Waals surface area contributed by atoms with Crippen molar-refractivity contribution < 1.29 is 40.6 Å². The summed E-state index contributed by atoms with van der Waals surface area (Å²) in [6.45, 7) is 3.50. The maximum Gasteiger partial charge on any atom is 0.416 e. The monoisotopic (exact) mass is 549 g/mol. The molecular formula is C29H25F6NO3. The van der Waals surface area contributed by atoms with Gasteiger partial charge in [0.25, 0.3) is 0 Å². The molecule has 3 aromatic carbocycles. The number of hydrogen-bond donors (Lipinski definition) is 0. The molecule has 206 valence electrons. The van der Waals surface area contributed by atoms with Gasteiger partial charge in [-0.05, 0) is 53.4 Å². The molecule has 1 unspecified atom stereocenters. The fourth-order valence-electron chi connectivity index (χ4n) is 5.93. The number of ether oxygens (including phenoxy) is 3. The minimum absolute atomic E-state index is 0.0562. The van der Waals surface area contributed by atoms with Gasteiger partial charge in [-0.2, -0.15) is 26.3 Å². The van der Waals surface area contributed by atoms with E-state index in [1.54, 1.807) is 18.2 Å². The number of unbranched alkanes of at least 4 members (excludes halogenated alkanes) is 2. The fourth-order valence-corrected chi connectivity index (χ4v) is 5.93. The van der Waals surface area contributed by atoms with Gasteiger partial charge in [-0.3, -0.25) is 0 Å². The molecule has 0 saturated carbocycles. The minimum atomic E-state index is -4.95. The second-order valence-electron chi connectivity index (χ2n) is 10.2. The number of alkyl halides is 6. The van der Waals surface area contributed by atoms with Gasteiger partial charge < -0.3 is 19.1 Å². The first kappa shape index (κ1) is 25.7. The van der Waals surface area contributed by atoms with Gasteiger partial charge in [-0.25, -0.2) is 0 Å². The number of hydrogen-bond acceptors (Lipinski definition) is 4. The summed E-state index contributed by atoms with van der Waals surface area (Å²) in [7, 11) is 0. The van der Waals surface area contributed by atoms with Crippen LogP contribution in [0, 0.1) is 0 Å². The molecule has 10 heteroatoms. The van der Waals surface area contributed by atoms with Crippen LogP contribution in [-0.2, 0) is 17.8 Å². The molecule has 0 fully saturated rings. The second-order valence-corrected chi connectivity index (χ2v) is 10.2. The third-order valence-electron chi connectivity index (χ3n) is 7.72. The van der Waals surface area contributed by atoms with Gasteiger partial charge in [0.1, 0.15) is 12.4 Å². The van der Waals surface area contributed by atoms with Crippen molar-refractivity contribution in [1.82, 2.24) is 0 Å². The molecule has 0 aromatic heterocycles. The standard InChI is InChI=1S/C29H25F6NO3/c1-2-3-4-8-36-14-27(15-37-23-13-25-24(12-21(23)27)38-16-39-25)26-20(6-5-7-22(26)36)17-9-18(28(30,31)32)11-19(10-17)29(33,34)35/h5-7,9-13H,2-4,8,14-16H2,1H3. The lowest BCUT2D eigenvalue weighted by atomic mass is 9.74. The first-order chi connectivity index (χ1) is 18.5. The van der Waals surface area contributed by atoms with Crippen LogP contribution in [0.25, 0.3) is 11.1 Å².